The number of nitrogens with one attached hydrogen (secondary N) is 1. The highest BCUT2D eigenvalue weighted by Gasteiger charge is 2.28. The summed E-state index contributed by atoms with van der Waals surface area (Å²) in [5, 5.41) is 2.96. The number of urea groups is 1. The number of pyridine rings is 1. The van der Waals surface area contributed by atoms with Crippen LogP contribution in [0.2, 0.25) is 0 Å². The van der Waals surface area contributed by atoms with Gasteiger partial charge in [-0.3, -0.25) is 9.78 Å². The van der Waals surface area contributed by atoms with E-state index < -0.39 is 0 Å². The van der Waals surface area contributed by atoms with Crippen LogP contribution < -0.4 is 10.1 Å². The summed E-state index contributed by atoms with van der Waals surface area (Å²) in [5.74, 6) is 1.63. The standard InChI is InChI=1S/C26H32N4O3/c31-25(14-19-4-1-2-5-19)29-13-3-6-24(18-29)33-23-9-7-22(8-10-23)28-26(32)30-16-20-11-12-27-15-21(20)17-30/h7-12,15,19,24H,1-6,13-14,16-18H2,(H,28,32). The molecule has 7 heteroatoms. The lowest BCUT2D eigenvalue weighted by Gasteiger charge is -2.33. The maximum absolute atomic E-state index is 12.7. The summed E-state index contributed by atoms with van der Waals surface area (Å²) >= 11 is 0. The molecule has 1 N–H and O–H groups in total. The van der Waals surface area contributed by atoms with E-state index >= 15 is 0 Å². The van der Waals surface area contributed by atoms with Crippen LogP contribution in [0.25, 0.3) is 0 Å². The Morgan fingerprint density at radius 2 is 1.76 bits per heavy atom. The average Bonchev–Trinajstić information content (AvgIpc) is 3.50. The monoisotopic (exact) mass is 448 g/mol. The second-order valence-electron chi connectivity index (χ2n) is 9.53. The molecule has 7 nitrogen and oxygen atoms in total. The Bertz CT molecular complexity index is 962. The number of piperidine rings is 1. The number of fused-ring (bicyclic) bond motifs is 1. The van der Waals surface area contributed by atoms with E-state index in [2.05, 4.69) is 10.3 Å². The number of aromatic nitrogens is 1. The number of rotatable bonds is 5. The van der Waals surface area contributed by atoms with Crippen LogP contribution in [0.5, 0.6) is 5.75 Å². The Hall–Kier alpha value is -3.09. The van der Waals surface area contributed by atoms with Crippen LogP contribution in [0.15, 0.2) is 42.7 Å². The molecule has 1 aromatic carbocycles. The minimum atomic E-state index is -0.122. The highest BCUT2D eigenvalue weighted by Crippen LogP contribution is 2.29. The number of anilines is 1. The lowest BCUT2D eigenvalue weighted by Crippen LogP contribution is -2.44. The zero-order valence-electron chi connectivity index (χ0n) is 19.0. The minimum absolute atomic E-state index is 0.0171. The van der Waals surface area contributed by atoms with Crippen molar-refractivity contribution < 1.29 is 14.3 Å². The number of carbonyl (C=O) groups is 2. The third-order valence-electron chi connectivity index (χ3n) is 7.09. The summed E-state index contributed by atoms with van der Waals surface area (Å²) in [5.41, 5.74) is 2.98. The van der Waals surface area contributed by atoms with Crippen LogP contribution in [0.3, 0.4) is 0 Å². The number of nitrogens with zero attached hydrogens (tertiary/aromatic N) is 3. The first-order valence-corrected chi connectivity index (χ1v) is 12.2. The van der Waals surface area contributed by atoms with Gasteiger partial charge in [0.2, 0.25) is 5.91 Å². The second kappa shape index (κ2) is 9.81. The Morgan fingerprint density at radius 3 is 2.55 bits per heavy atom. The molecular formula is C26H32N4O3. The van der Waals surface area contributed by atoms with Gasteiger partial charge in [-0.25, -0.2) is 4.79 Å². The summed E-state index contributed by atoms with van der Waals surface area (Å²) < 4.78 is 6.18. The fraction of sp³-hybridized carbons (Fsp3) is 0.500. The Kier molecular flexibility index (Phi) is 6.46. The van der Waals surface area contributed by atoms with Crippen LogP contribution >= 0.6 is 0 Å². The zero-order valence-corrected chi connectivity index (χ0v) is 19.0. The number of benzene rings is 1. The first-order chi connectivity index (χ1) is 16.1. The molecular weight excluding hydrogens is 416 g/mol. The molecule has 1 aliphatic carbocycles. The molecule has 2 aromatic rings. The van der Waals surface area contributed by atoms with Gasteiger partial charge in [-0.15, -0.1) is 0 Å². The predicted octanol–water partition coefficient (Wildman–Crippen LogP) is 4.58. The van der Waals surface area contributed by atoms with Gasteiger partial charge in [0.25, 0.3) is 0 Å². The molecule has 1 aromatic heterocycles. The number of amides is 3. The van der Waals surface area contributed by atoms with Crippen molar-refractivity contribution in [2.75, 3.05) is 18.4 Å². The Balaban J connectivity index is 1.11. The fourth-order valence-corrected chi connectivity index (χ4v) is 5.23. The van der Waals surface area contributed by atoms with E-state index in [0.29, 0.717) is 32.0 Å². The van der Waals surface area contributed by atoms with E-state index in [1.165, 1.54) is 25.7 Å². The van der Waals surface area contributed by atoms with Gasteiger partial charge in [-0.05, 0) is 73.1 Å². The maximum Gasteiger partial charge on any atom is 0.322 e. The van der Waals surface area contributed by atoms with Gasteiger partial charge in [0, 0.05) is 44.1 Å². The van der Waals surface area contributed by atoms with Crippen LogP contribution in [-0.4, -0.2) is 45.9 Å². The van der Waals surface area contributed by atoms with Gasteiger partial charge >= 0.3 is 6.03 Å². The molecule has 3 heterocycles. The molecule has 2 fully saturated rings. The highest BCUT2D eigenvalue weighted by molar-refractivity contribution is 5.89. The van der Waals surface area contributed by atoms with Crippen molar-refractivity contribution in [2.24, 2.45) is 5.92 Å². The summed E-state index contributed by atoms with van der Waals surface area (Å²) in [7, 11) is 0. The summed E-state index contributed by atoms with van der Waals surface area (Å²) in [6.07, 6.45) is 11.2. The second-order valence-corrected chi connectivity index (χ2v) is 9.53. The maximum atomic E-state index is 12.7. The molecule has 1 saturated heterocycles. The minimum Gasteiger partial charge on any atom is -0.489 e. The number of carbonyl (C=O) groups excluding carboxylic acids is 2. The topological polar surface area (TPSA) is 74.8 Å². The molecule has 33 heavy (non-hydrogen) atoms. The summed E-state index contributed by atoms with van der Waals surface area (Å²) in [6.45, 7) is 2.68. The fourth-order valence-electron chi connectivity index (χ4n) is 5.23. The molecule has 0 spiro atoms. The molecule has 1 atom stereocenters. The predicted molar refractivity (Wildman–Crippen MR) is 126 cm³/mol. The van der Waals surface area contributed by atoms with Gasteiger partial charge in [-0.2, -0.15) is 0 Å². The quantitative estimate of drug-likeness (QED) is 0.727. The third kappa shape index (κ3) is 5.29. The van der Waals surface area contributed by atoms with Gasteiger partial charge in [0.15, 0.2) is 0 Å². The van der Waals surface area contributed by atoms with Crippen molar-refractivity contribution in [2.45, 2.75) is 64.1 Å². The lowest BCUT2D eigenvalue weighted by atomic mass is 10.0. The molecule has 3 aliphatic rings. The molecule has 2 aliphatic heterocycles. The zero-order chi connectivity index (χ0) is 22.6. The lowest BCUT2D eigenvalue weighted by molar-refractivity contribution is -0.134. The van der Waals surface area contributed by atoms with E-state index in [0.717, 1.165) is 42.0 Å². The molecule has 0 radical (unpaired) electrons. The Labute approximate surface area is 195 Å². The Morgan fingerprint density at radius 1 is 0.970 bits per heavy atom. The van der Waals surface area contributed by atoms with Gasteiger partial charge in [-0.1, -0.05) is 12.8 Å². The van der Waals surface area contributed by atoms with Crippen molar-refractivity contribution in [3.63, 3.8) is 0 Å². The molecule has 0 bridgehead atoms. The normalized spacial score (nSPS) is 20.5. The molecule has 3 amide bonds. The molecule has 1 unspecified atom stereocenters. The summed E-state index contributed by atoms with van der Waals surface area (Å²) in [4.78, 5) is 33.2. The number of ether oxygens (including phenoxy) is 1. The largest absolute Gasteiger partial charge is 0.489 e. The molecule has 174 valence electrons. The smallest absolute Gasteiger partial charge is 0.322 e. The first kappa shape index (κ1) is 21.7. The SMILES string of the molecule is O=C(CC1CCCC1)N1CCCC(Oc2ccc(NC(=O)N3Cc4ccncc4C3)cc2)C1. The van der Waals surface area contributed by atoms with Crippen molar-refractivity contribution in [1.29, 1.82) is 0 Å². The van der Waals surface area contributed by atoms with Crippen molar-refractivity contribution in [3.8, 4) is 5.75 Å². The molecule has 5 rings (SSSR count). The van der Waals surface area contributed by atoms with E-state index in [9.17, 15) is 9.59 Å². The van der Waals surface area contributed by atoms with Crippen molar-refractivity contribution in [3.05, 3.63) is 53.9 Å². The van der Waals surface area contributed by atoms with E-state index in [1.54, 1.807) is 11.1 Å². The number of hydrogen-bond acceptors (Lipinski definition) is 4. The van der Waals surface area contributed by atoms with E-state index in [-0.39, 0.29) is 18.0 Å². The molecule has 1 saturated carbocycles. The van der Waals surface area contributed by atoms with Crippen LogP contribution in [0.1, 0.15) is 56.1 Å². The average molecular weight is 449 g/mol. The van der Waals surface area contributed by atoms with Gasteiger partial charge in [0.05, 0.1) is 6.54 Å². The summed E-state index contributed by atoms with van der Waals surface area (Å²) in [6, 6.07) is 9.34. The van der Waals surface area contributed by atoms with Crippen LogP contribution in [0.4, 0.5) is 10.5 Å². The van der Waals surface area contributed by atoms with Gasteiger partial charge < -0.3 is 19.9 Å². The third-order valence-corrected chi connectivity index (χ3v) is 7.09. The van der Waals surface area contributed by atoms with Crippen LogP contribution in [-0.2, 0) is 17.9 Å². The first-order valence-electron chi connectivity index (χ1n) is 12.2. The van der Waals surface area contributed by atoms with Crippen molar-refractivity contribution in [1.82, 2.24) is 14.8 Å². The van der Waals surface area contributed by atoms with E-state index in [4.69, 9.17) is 4.74 Å². The number of hydrogen-bond donors (Lipinski definition) is 1. The highest BCUT2D eigenvalue weighted by atomic mass is 16.5. The van der Waals surface area contributed by atoms with Crippen LogP contribution in [0, 0.1) is 5.92 Å². The van der Waals surface area contributed by atoms with Crippen molar-refractivity contribution >= 4 is 17.6 Å². The van der Waals surface area contributed by atoms with E-state index in [1.807, 2.05) is 41.4 Å². The number of likely N-dealkylation sites (tertiary alicyclic amines) is 1. The van der Waals surface area contributed by atoms with Gasteiger partial charge in [0.1, 0.15) is 11.9 Å².